The summed E-state index contributed by atoms with van der Waals surface area (Å²) in [5.41, 5.74) is 3.31. The molecule has 2 aromatic heterocycles. The Morgan fingerprint density at radius 3 is 2.49 bits per heavy atom. The SMILES string of the molecule is CC1CC(C)CN(S(=O)(=O)c2ccc(C(=O)Nc3c4c(nn3-c3nc5ccccc5s3)CCC4)cc2)C1. The van der Waals surface area contributed by atoms with E-state index in [4.69, 9.17) is 10.1 Å². The fourth-order valence-corrected chi connectivity index (χ4v) is 8.12. The van der Waals surface area contributed by atoms with Gasteiger partial charge in [-0.25, -0.2) is 13.4 Å². The number of sulfonamides is 1. The molecule has 6 rings (SSSR count). The van der Waals surface area contributed by atoms with Gasteiger partial charge < -0.3 is 5.32 Å². The Morgan fingerprint density at radius 2 is 1.76 bits per heavy atom. The Kier molecular flexibility index (Phi) is 6.13. The largest absolute Gasteiger partial charge is 0.306 e. The van der Waals surface area contributed by atoms with Crippen LogP contribution in [0.3, 0.4) is 0 Å². The van der Waals surface area contributed by atoms with Gasteiger partial charge in [-0.1, -0.05) is 37.3 Å². The minimum Gasteiger partial charge on any atom is -0.306 e. The van der Waals surface area contributed by atoms with Crippen molar-refractivity contribution >= 4 is 43.3 Å². The van der Waals surface area contributed by atoms with E-state index in [1.54, 1.807) is 21.1 Å². The van der Waals surface area contributed by atoms with Crippen LogP contribution in [0.15, 0.2) is 53.4 Å². The summed E-state index contributed by atoms with van der Waals surface area (Å²) in [6.45, 7) is 5.22. The molecule has 0 spiro atoms. The minimum atomic E-state index is -3.60. The molecule has 2 aliphatic rings. The summed E-state index contributed by atoms with van der Waals surface area (Å²) in [5.74, 6) is 0.988. The number of piperidine rings is 1. The molecule has 2 aromatic carbocycles. The second-order valence-corrected chi connectivity index (χ2v) is 13.2. The van der Waals surface area contributed by atoms with E-state index in [9.17, 15) is 13.2 Å². The van der Waals surface area contributed by atoms with Crippen molar-refractivity contribution in [3.05, 3.63) is 65.4 Å². The first-order valence-corrected chi connectivity index (χ1v) is 14.9. The van der Waals surface area contributed by atoms with Crippen molar-refractivity contribution in [3.8, 4) is 5.13 Å². The molecule has 8 nitrogen and oxygen atoms in total. The number of aromatic nitrogens is 3. The topological polar surface area (TPSA) is 97.2 Å². The predicted molar refractivity (Wildman–Crippen MR) is 145 cm³/mol. The molecule has 4 aromatic rings. The lowest BCUT2D eigenvalue weighted by molar-refractivity contribution is 0.102. The number of aryl methyl sites for hydroxylation is 1. The third-order valence-electron chi connectivity index (χ3n) is 7.19. The first kappa shape index (κ1) is 24.3. The molecule has 37 heavy (non-hydrogen) atoms. The number of hydrogen-bond acceptors (Lipinski definition) is 6. The van der Waals surface area contributed by atoms with Gasteiger partial charge in [0.2, 0.25) is 15.2 Å². The van der Waals surface area contributed by atoms with Gasteiger partial charge in [0.25, 0.3) is 5.91 Å². The highest BCUT2D eigenvalue weighted by molar-refractivity contribution is 7.89. The Hall–Kier alpha value is -3.08. The number of carbonyl (C=O) groups excluding carboxylic acids is 1. The van der Waals surface area contributed by atoms with E-state index in [-0.39, 0.29) is 10.8 Å². The summed E-state index contributed by atoms with van der Waals surface area (Å²) in [6, 6.07) is 14.1. The van der Waals surface area contributed by atoms with Crippen molar-refractivity contribution in [2.75, 3.05) is 18.4 Å². The summed E-state index contributed by atoms with van der Waals surface area (Å²) in [7, 11) is -3.60. The summed E-state index contributed by atoms with van der Waals surface area (Å²) < 4.78 is 30.8. The second kappa shape index (κ2) is 9.34. The number of anilines is 1. The lowest BCUT2D eigenvalue weighted by Crippen LogP contribution is -2.42. The monoisotopic (exact) mass is 535 g/mol. The number of hydrogen-bond donors (Lipinski definition) is 1. The van der Waals surface area contributed by atoms with Crippen molar-refractivity contribution in [2.24, 2.45) is 11.8 Å². The molecule has 3 heterocycles. The van der Waals surface area contributed by atoms with E-state index in [1.165, 1.54) is 23.5 Å². The summed E-state index contributed by atoms with van der Waals surface area (Å²) in [6.07, 6.45) is 3.75. The molecule has 1 N–H and O–H groups in total. The van der Waals surface area contributed by atoms with Crippen LogP contribution in [0, 0.1) is 11.8 Å². The fourth-order valence-electron chi connectivity index (χ4n) is 5.52. The van der Waals surface area contributed by atoms with Gasteiger partial charge in [-0.3, -0.25) is 4.79 Å². The highest BCUT2D eigenvalue weighted by Gasteiger charge is 2.32. The van der Waals surface area contributed by atoms with Crippen molar-refractivity contribution < 1.29 is 13.2 Å². The van der Waals surface area contributed by atoms with Gasteiger partial charge in [-0.05, 0) is 73.9 Å². The van der Waals surface area contributed by atoms with Crippen LogP contribution in [0.2, 0.25) is 0 Å². The third kappa shape index (κ3) is 4.47. The van der Waals surface area contributed by atoms with E-state index >= 15 is 0 Å². The Bertz CT molecular complexity index is 1550. The molecular formula is C27H29N5O3S2. The van der Waals surface area contributed by atoms with Gasteiger partial charge in [0.05, 0.1) is 20.8 Å². The number of benzene rings is 2. The average Bonchev–Trinajstić information content (AvgIpc) is 3.59. The third-order valence-corrected chi connectivity index (χ3v) is 10.1. The van der Waals surface area contributed by atoms with Gasteiger partial charge >= 0.3 is 0 Å². The summed E-state index contributed by atoms with van der Waals surface area (Å²) >= 11 is 1.53. The van der Waals surface area contributed by atoms with Crippen LogP contribution in [0.5, 0.6) is 0 Å². The predicted octanol–water partition coefficient (Wildman–Crippen LogP) is 4.89. The molecule has 0 radical (unpaired) electrons. The zero-order valence-corrected chi connectivity index (χ0v) is 22.5. The van der Waals surface area contributed by atoms with Crippen molar-refractivity contribution in [1.29, 1.82) is 0 Å². The van der Waals surface area contributed by atoms with Crippen LogP contribution in [0.1, 0.15) is 48.3 Å². The lowest BCUT2D eigenvalue weighted by Gasteiger charge is -2.34. The zero-order valence-electron chi connectivity index (χ0n) is 20.8. The van der Waals surface area contributed by atoms with Crippen molar-refractivity contribution in [1.82, 2.24) is 19.1 Å². The van der Waals surface area contributed by atoms with E-state index in [1.807, 2.05) is 24.3 Å². The molecule has 1 saturated heterocycles. The Labute approximate surface area is 220 Å². The number of thiazole rings is 1. The number of rotatable bonds is 5. The molecule has 192 valence electrons. The molecule has 1 aliphatic carbocycles. The molecule has 1 aliphatic heterocycles. The Morgan fingerprint density at radius 1 is 1.03 bits per heavy atom. The fraction of sp³-hybridized carbons (Fsp3) is 0.370. The number of nitrogens with one attached hydrogen (secondary N) is 1. The highest BCUT2D eigenvalue weighted by atomic mass is 32.2. The van der Waals surface area contributed by atoms with E-state index in [0.29, 0.717) is 41.4 Å². The number of amides is 1. The van der Waals surface area contributed by atoms with Crippen LogP contribution in [-0.4, -0.2) is 46.5 Å². The summed E-state index contributed by atoms with van der Waals surface area (Å²) in [5, 5.41) is 8.54. The Balaban J connectivity index is 1.27. The van der Waals surface area contributed by atoms with Crippen molar-refractivity contribution in [3.63, 3.8) is 0 Å². The van der Waals surface area contributed by atoms with Crippen LogP contribution in [0.4, 0.5) is 5.82 Å². The van der Waals surface area contributed by atoms with E-state index in [0.717, 1.165) is 47.2 Å². The summed E-state index contributed by atoms with van der Waals surface area (Å²) in [4.78, 5) is 18.2. The quantitative estimate of drug-likeness (QED) is 0.393. The van der Waals surface area contributed by atoms with Crippen LogP contribution >= 0.6 is 11.3 Å². The first-order chi connectivity index (χ1) is 17.8. The standard InChI is InChI=1S/C27H29N5O3S2/c1-17-14-18(2)16-31(15-17)37(34,35)20-12-10-19(11-13-20)26(33)29-25-21-6-5-8-22(21)30-32(25)27-28-23-7-3-4-9-24(23)36-27/h3-4,7,9-13,17-18H,5-6,8,14-16H2,1-2H3,(H,29,33). The van der Waals surface area contributed by atoms with Gasteiger partial charge in [0.1, 0.15) is 5.82 Å². The van der Waals surface area contributed by atoms with Crippen LogP contribution in [-0.2, 0) is 22.9 Å². The zero-order chi connectivity index (χ0) is 25.7. The molecule has 1 amide bonds. The maximum atomic E-state index is 13.3. The molecular weight excluding hydrogens is 506 g/mol. The second-order valence-electron chi connectivity index (χ2n) is 10.2. The number of nitrogens with zero attached hydrogens (tertiary/aromatic N) is 4. The molecule has 0 bridgehead atoms. The number of fused-ring (bicyclic) bond motifs is 2. The van der Waals surface area contributed by atoms with Crippen LogP contribution in [0.25, 0.3) is 15.3 Å². The van der Waals surface area contributed by atoms with Gasteiger partial charge in [-0.15, -0.1) is 0 Å². The minimum absolute atomic E-state index is 0.214. The maximum absolute atomic E-state index is 13.3. The first-order valence-electron chi connectivity index (χ1n) is 12.7. The molecule has 2 unspecified atom stereocenters. The van der Waals surface area contributed by atoms with E-state index in [2.05, 4.69) is 19.2 Å². The van der Waals surface area contributed by atoms with Crippen molar-refractivity contribution in [2.45, 2.75) is 44.4 Å². The molecule has 0 saturated carbocycles. The number of carbonyl (C=O) groups is 1. The normalized spacial score (nSPS) is 20.3. The van der Waals surface area contributed by atoms with Gasteiger partial charge in [0, 0.05) is 24.2 Å². The number of para-hydroxylation sites is 1. The maximum Gasteiger partial charge on any atom is 0.256 e. The molecule has 10 heteroatoms. The lowest BCUT2D eigenvalue weighted by atomic mass is 9.94. The molecule has 1 fully saturated rings. The van der Waals surface area contributed by atoms with Gasteiger partial charge in [0.15, 0.2) is 0 Å². The highest BCUT2D eigenvalue weighted by Crippen LogP contribution is 2.34. The molecule has 2 atom stereocenters. The van der Waals surface area contributed by atoms with E-state index < -0.39 is 10.0 Å². The van der Waals surface area contributed by atoms with Crippen LogP contribution < -0.4 is 5.32 Å². The smallest absolute Gasteiger partial charge is 0.256 e. The van der Waals surface area contributed by atoms with Gasteiger partial charge in [-0.2, -0.15) is 14.1 Å². The average molecular weight is 536 g/mol.